The van der Waals surface area contributed by atoms with Crippen molar-refractivity contribution < 1.29 is 4.39 Å². The third-order valence-corrected chi connectivity index (χ3v) is 4.10. The lowest BCUT2D eigenvalue weighted by Gasteiger charge is -2.11. The Bertz CT molecular complexity index is 807. The number of nitrogens with zero attached hydrogens (tertiary/aromatic N) is 2. The maximum atomic E-state index is 13.2. The highest BCUT2D eigenvalue weighted by molar-refractivity contribution is 9.08. The van der Waals surface area contributed by atoms with Crippen LogP contribution < -0.4 is 0 Å². The Labute approximate surface area is 135 Å². The van der Waals surface area contributed by atoms with E-state index in [4.69, 9.17) is 11.6 Å². The number of hydrogen-bond donors (Lipinski definition) is 0. The second-order valence-corrected chi connectivity index (χ2v) is 5.52. The van der Waals surface area contributed by atoms with Crippen LogP contribution in [-0.4, -0.2) is 9.97 Å². The van der Waals surface area contributed by atoms with E-state index >= 15 is 0 Å². The summed E-state index contributed by atoms with van der Waals surface area (Å²) in [5.74, 6) is 0. The van der Waals surface area contributed by atoms with E-state index in [1.807, 2.05) is 30.3 Å². The number of alkyl halides is 2. The van der Waals surface area contributed by atoms with Gasteiger partial charge in [0.25, 0.3) is 0 Å². The highest BCUT2D eigenvalue weighted by Gasteiger charge is 2.14. The molecule has 21 heavy (non-hydrogen) atoms. The third kappa shape index (κ3) is 2.65. The van der Waals surface area contributed by atoms with Crippen molar-refractivity contribution in [2.24, 2.45) is 0 Å². The fourth-order valence-electron chi connectivity index (χ4n) is 2.26. The van der Waals surface area contributed by atoms with E-state index in [-0.39, 0.29) is 0 Å². The monoisotopic (exact) mass is 364 g/mol. The Morgan fingerprint density at radius 3 is 2.62 bits per heavy atom. The van der Waals surface area contributed by atoms with Crippen molar-refractivity contribution in [3.63, 3.8) is 0 Å². The largest absolute Gasteiger partial charge is 0.248 e. The van der Waals surface area contributed by atoms with Crippen molar-refractivity contribution in [3.8, 4) is 11.3 Å². The predicted molar refractivity (Wildman–Crippen MR) is 87.4 cm³/mol. The fraction of sp³-hybridized carbons (Fsp3) is 0.125. The van der Waals surface area contributed by atoms with Crippen LogP contribution in [0, 0.1) is 0 Å². The lowest BCUT2D eigenvalue weighted by atomic mass is 10.0. The summed E-state index contributed by atoms with van der Waals surface area (Å²) >= 11 is 9.62. The molecule has 5 heteroatoms. The molecule has 3 rings (SSSR count). The zero-order chi connectivity index (χ0) is 14.8. The topological polar surface area (TPSA) is 25.8 Å². The fourth-order valence-corrected chi connectivity index (χ4v) is 2.86. The van der Waals surface area contributed by atoms with Gasteiger partial charge in [-0.25, -0.2) is 14.4 Å². The zero-order valence-electron chi connectivity index (χ0n) is 11.0. The molecule has 0 fully saturated rings. The Hall–Kier alpha value is -1.52. The van der Waals surface area contributed by atoms with Gasteiger partial charge in [0.2, 0.25) is 0 Å². The average Bonchev–Trinajstić information content (AvgIpc) is 2.54. The van der Waals surface area contributed by atoms with Crippen LogP contribution in [0.5, 0.6) is 0 Å². The molecule has 0 amide bonds. The van der Waals surface area contributed by atoms with Gasteiger partial charge in [-0.1, -0.05) is 57.9 Å². The number of hydrogen-bond acceptors (Lipinski definition) is 2. The molecule has 0 radical (unpaired) electrons. The molecule has 1 aromatic heterocycles. The summed E-state index contributed by atoms with van der Waals surface area (Å²) in [7, 11) is 0. The maximum absolute atomic E-state index is 13.2. The maximum Gasteiger partial charge on any atom is 0.115 e. The first-order chi connectivity index (χ1) is 10.2. The molecule has 106 valence electrons. The van der Waals surface area contributed by atoms with Gasteiger partial charge in [0.1, 0.15) is 12.2 Å². The van der Waals surface area contributed by atoms with Gasteiger partial charge < -0.3 is 0 Å². The Kier molecular flexibility index (Phi) is 4.17. The van der Waals surface area contributed by atoms with Gasteiger partial charge in [-0.2, -0.15) is 0 Å². The smallest absolute Gasteiger partial charge is 0.115 e. The first-order valence-corrected chi connectivity index (χ1v) is 7.90. The van der Waals surface area contributed by atoms with E-state index in [1.54, 1.807) is 12.1 Å². The summed E-state index contributed by atoms with van der Waals surface area (Å²) in [5, 5.41) is 1.08. The Balaban J connectivity index is 2.33. The van der Waals surface area contributed by atoms with E-state index in [0.717, 1.165) is 16.8 Å². The SMILES string of the molecule is FCc1ccccc1-c1nc2c(Cl)cccc2nc1CBr. The highest BCUT2D eigenvalue weighted by atomic mass is 79.9. The molecule has 1 heterocycles. The van der Waals surface area contributed by atoms with Gasteiger partial charge in [0.15, 0.2) is 0 Å². The molecule has 0 unspecified atom stereocenters. The van der Waals surface area contributed by atoms with Gasteiger partial charge in [-0.15, -0.1) is 0 Å². The third-order valence-electron chi connectivity index (χ3n) is 3.26. The van der Waals surface area contributed by atoms with E-state index in [2.05, 4.69) is 25.9 Å². The molecule has 0 aliphatic rings. The molecule has 3 aromatic rings. The molecule has 2 aromatic carbocycles. The van der Waals surface area contributed by atoms with Gasteiger partial charge in [-0.05, 0) is 17.7 Å². The van der Waals surface area contributed by atoms with Crippen molar-refractivity contribution in [1.82, 2.24) is 9.97 Å². The lowest BCUT2D eigenvalue weighted by molar-refractivity contribution is 0.486. The van der Waals surface area contributed by atoms with Gasteiger partial charge in [-0.3, -0.25) is 0 Å². The molecule has 0 bridgehead atoms. The first-order valence-electron chi connectivity index (χ1n) is 6.40. The predicted octanol–water partition coefficient (Wildman–Crippen LogP) is 5.31. The number of rotatable bonds is 3. The lowest BCUT2D eigenvalue weighted by Crippen LogP contribution is -1.99. The summed E-state index contributed by atoms with van der Waals surface area (Å²) in [4.78, 5) is 9.22. The summed E-state index contributed by atoms with van der Waals surface area (Å²) in [5.41, 5.74) is 4.15. The molecule has 0 aliphatic heterocycles. The van der Waals surface area contributed by atoms with Crippen molar-refractivity contribution in [2.75, 3.05) is 0 Å². The van der Waals surface area contributed by atoms with Gasteiger partial charge in [0.05, 0.1) is 21.9 Å². The molecule has 0 saturated carbocycles. The normalized spacial score (nSPS) is 11.0. The van der Waals surface area contributed by atoms with Crippen LogP contribution in [0.25, 0.3) is 22.3 Å². The first kappa shape index (κ1) is 14.4. The van der Waals surface area contributed by atoms with Crippen LogP contribution in [-0.2, 0) is 12.0 Å². The van der Waals surface area contributed by atoms with E-state index in [1.165, 1.54) is 0 Å². The molecule has 0 spiro atoms. The average molecular weight is 366 g/mol. The van der Waals surface area contributed by atoms with Crippen LogP contribution in [0.3, 0.4) is 0 Å². The van der Waals surface area contributed by atoms with Crippen LogP contribution in [0.1, 0.15) is 11.3 Å². The summed E-state index contributed by atoms with van der Waals surface area (Å²) in [6.07, 6.45) is 0. The van der Waals surface area contributed by atoms with Crippen molar-refractivity contribution in [2.45, 2.75) is 12.0 Å². The van der Waals surface area contributed by atoms with Crippen LogP contribution in [0.4, 0.5) is 4.39 Å². The van der Waals surface area contributed by atoms with Crippen LogP contribution >= 0.6 is 27.5 Å². The summed E-state index contributed by atoms with van der Waals surface area (Å²) in [6, 6.07) is 12.8. The van der Waals surface area contributed by atoms with Gasteiger partial charge >= 0.3 is 0 Å². The quantitative estimate of drug-likeness (QED) is 0.587. The molecular weight excluding hydrogens is 355 g/mol. The number of halogens is 3. The second-order valence-electron chi connectivity index (χ2n) is 4.55. The Morgan fingerprint density at radius 1 is 1.05 bits per heavy atom. The van der Waals surface area contributed by atoms with Crippen molar-refractivity contribution >= 4 is 38.6 Å². The Morgan fingerprint density at radius 2 is 1.86 bits per heavy atom. The second kappa shape index (κ2) is 6.08. The minimum atomic E-state index is -0.542. The minimum Gasteiger partial charge on any atom is -0.248 e. The molecular formula is C16H11BrClFN2. The van der Waals surface area contributed by atoms with E-state index in [9.17, 15) is 4.39 Å². The molecule has 2 nitrogen and oxygen atoms in total. The molecule has 0 aliphatic carbocycles. The van der Waals surface area contributed by atoms with Crippen molar-refractivity contribution in [3.05, 3.63) is 58.7 Å². The molecule has 0 atom stereocenters. The van der Waals surface area contributed by atoms with Crippen LogP contribution in [0.15, 0.2) is 42.5 Å². The standard InChI is InChI=1S/C16H11BrClFN2/c17-8-14-15(11-5-2-1-4-10(11)9-19)21-16-12(18)6-3-7-13(16)20-14/h1-7H,8-9H2. The van der Waals surface area contributed by atoms with Gasteiger partial charge in [0, 0.05) is 10.9 Å². The number of benzene rings is 2. The van der Waals surface area contributed by atoms with Crippen LogP contribution in [0.2, 0.25) is 5.02 Å². The number of fused-ring (bicyclic) bond motifs is 1. The molecule has 0 N–H and O–H groups in total. The number of para-hydroxylation sites is 1. The highest BCUT2D eigenvalue weighted by Crippen LogP contribution is 2.30. The summed E-state index contributed by atoms with van der Waals surface area (Å²) < 4.78 is 13.2. The summed E-state index contributed by atoms with van der Waals surface area (Å²) in [6.45, 7) is -0.542. The minimum absolute atomic E-state index is 0.540. The molecule has 0 saturated heterocycles. The van der Waals surface area contributed by atoms with E-state index in [0.29, 0.717) is 27.1 Å². The van der Waals surface area contributed by atoms with Crippen molar-refractivity contribution in [1.29, 1.82) is 0 Å². The van der Waals surface area contributed by atoms with E-state index < -0.39 is 6.67 Å². The zero-order valence-corrected chi connectivity index (χ0v) is 13.3. The number of aromatic nitrogens is 2.